The minimum atomic E-state index is -1.10. The number of anilines is 1. The minimum Gasteiger partial charge on any atom is -0.550 e. The number of rotatable bonds is 3. The Hall–Kier alpha value is -2.81. The number of carboxylic acid groups (broad SMARTS) is 1. The molecule has 1 N–H and O–H groups in total. The van der Waals surface area contributed by atoms with Crippen molar-refractivity contribution in [3.05, 3.63) is 41.1 Å². The van der Waals surface area contributed by atoms with E-state index in [0.29, 0.717) is 18.7 Å². The molecule has 0 atom stereocenters. The van der Waals surface area contributed by atoms with Gasteiger partial charge in [-0.3, -0.25) is 9.59 Å². The van der Waals surface area contributed by atoms with Crippen LogP contribution in [0, 0.1) is 12.8 Å². The number of carbonyl (C=O) groups excluding carboxylic acids is 3. The van der Waals surface area contributed by atoms with Crippen molar-refractivity contribution in [3.63, 3.8) is 0 Å². The third-order valence-corrected chi connectivity index (χ3v) is 6.31. The summed E-state index contributed by atoms with van der Waals surface area (Å²) in [5.74, 6) is -1.03. The molecule has 0 radical (unpaired) electrons. The summed E-state index contributed by atoms with van der Waals surface area (Å²) in [6.45, 7) is 2.45. The Morgan fingerprint density at radius 2 is 1.97 bits per heavy atom. The van der Waals surface area contributed by atoms with E-state index in [1.54, 1.807) is 16.4 Å². The number of aryl methyl sites for hydroxylation is 1. The van der Waals surface area contributed by atoms with Gasteiger partial charge in [-0.25, -0.2) is 4.68 Å². The first kappa shape index (κ1) is 19.5. The Kier molecular flexibility index (Phi) is 5.31. The molecular formula is C20H21N4O4S-. The number of amides is 2. The van der Waals surface area contributed by atoms with Crippen molar-refractivity contribution in [1.82, 2.24) is 14.7 Å². The number of carboxylic acids is 1. The van der Waals surface area contributed by atoms with Crippen LogP contribution in [-0.2, 0) is 25.9 Å². The fraction of sp³-hybridized carbons (Fsp3) is 0.400. The molecule has 2 aromatic rings. The van der Waals surface area contributed by atoms with Crippen LogP contribution in [0.2, 0.25) is 0 Å². The minimum absolute atomic E-state index is 0.232. The van der Waals surface area contributed by atoms with Gasteiger partial charge in [0.2, 0.25) is 0 Å². The van der Waals surface area contributed by atoms with Crippen LogP contribution in [0.1, 0.15) is 29.7 Å². The zero-order chi connectivity index (χ0) is 20.5. The Bertz CT molecular complexity index is 979. The molecule has 1 aromatic heterocycles. The smallest absolute Gasteiger partial charge is 0.315 e. The van der Waals surface area contributed by atoms with Crippen LogP contribution in [0.3, 0.4) is 0 Å². The molecule has 2 aliphatic rings. The molecule has 0 saturated carbocycles. The van der Waals surface area contributed by atoms with Crippen LogP contribution in [0.4, 0.5) is 5.82 Å². The first-order chi connectivity index (χ1) is 13.9. The summed E-state index contributed by atoms with van der Waals surface area (Å²) in [5, 5.41) is 18.4. The molecule has 1 aromatic carbocycles. The van der Waals surface area contributed by atoms with Crippen LogP contribution in [-0.4, -0.2) is 45.6 Å². The summed E-state index contributed by atoms with van der Waals surface area (Å²) >= 11 is 1.71. The SMILES string of the molecule is Cc1cccc(-n2nc3c(c2NC(=O)C(=O)N2CCC(C(=O)[O-])CC2)CSC3)c1. The van der Waals surface area contributed by atoms with E-state index < -0.39 is 23.7 Å². The fourth-order valence-corrected chi connectivity index (χ4v) is 4.75. The maximum atomic E-state index is 12.7. The summed E-state index contributed by atoms with van der Waals surface area (Å²) in [7, 11) is 0. The van der Waals surface area contributed by atoms with Crippen LogP contribution < -0.4 is 10.4 Å². The predicted octanol–water partition coefficient (Wildman–Crippen LogP) is 0.855. The summed E-state index contributed by atoms with van der Waals surface area (Å²) in [6, 6.07) is 7.78. The molecule has 0 spiro atoms. The molecule has 0 bridgehead atoms. The molecule has 4 rings (SSSR count). The number of likely N-dealkylation sites (tertiary alicyclic amines) is 1. The van der Waals surface area contributed by atoms with Gasteiger partial charge in [-0.15, -0.1) is 0 Å². The molecule has 2 amide bonds. The number of aliphatic carboxylic acids is 1. The number of hydrogen-bond donors (Lipinski definition) is 1. The van der Waals surface area contributed by atoms with Gasteiger partial charge in [0.05, 0.1) is 11.4 Å². The van der Waals surface area contributed by atoms with E-state index in [-0.39, 0.29) is 13.1 Å². The number of hydrogen-bond acceptors (Lipinski definition) is 6. The Morgan fingerprint density at radius 3 is 2.66 bits per heavy atom. The van der Waals surface area contributed by atoms with Crippen molar-refractivity contribution in [3.8, 4) is 5.69 Å². The maximum absolute atomic E-state index is 12.7. The Morgan fingerprint density at radius 1 is 1.21 bits per heavy atom. The standard InChI is InChI=1S/C20H22N4O4S/c1-12-3-2-4-14(9-12)24-17(15-10-29-11-16(15)22-24)21-18(25)19(26)23-7-5-13(6-8-23)20(27)28/h2-4,9,13H,5-8,10-11H2,1H3,(H,21,25)(H,27,28)/p-1. The van der Waals surface area contributed by atoms with E-state index in [2.05, 4.69) is 10.4 Å². The van der Waals surface area contributed by atoms with Gasteiger partial charge in [0, 0.05) is 42.0 Å². The highest BCUT2D eigenvalue weighted by Crippen LogP contribution is 2.36. The largest absolute Gasteiger partial charge is 0.550 e. The summed E-state index contributed by atoms with van der Waals surface area (Å²) in [5.41, 5.74) is 3.74. The number of nitrogens with zero attached hydrogens (tertiary/aromatic N) is 3. The quantitative estimate of drug-likeness (QED) is 0.748. The second-order valence-electron chi connectivity index (χ2n) is 7.36. The molecule has 2 aliphatic heterocycles. The third kappa shape index (κ3) is 3.87. The van der Waals surface area contributed by atoms with Crippen molar-refractivity contribution >= 4 is 35.4 Å². The highest BCUT2D eigenvalue weighted by molar-refractivity contribution is 7.98. The first-order valence-electron chi connectivity index (χ1n) is 9.50. The summed E-state index contributed by atoms with van der Waals surface area (Å²) in [4.78, 5) is 37.7. The van der Waals surface area contributed by atoms with Crippen molar-refractivity contribution in [1.29, 1.82) is 0 Å². The lowest BCUT2D eigenvalue weighted by Crippen LogP contribution is -2.47. The molecular weight excluding hydrogens is 392 g/mol. The lowest BCUT2D eigenvalue weighted by molar-refractivity contribution is -0.312. The average molecular weight is 413 g/mol. The molecule has 152 valence electrons. The number of carbonyl (C=O) groups is 3. The van der Waals surface area contributed by atoms with Crippen LogP contribution in [0.15, 0.2) is 24.3 Å². The van der Waals surface area contributed by atoms with Gasteiger partial charge in [0.1, 0.15) is 5.82 Å². The van der Waals surface area contributed by atoms with E-state index >= 15 is 0 Å². The number of benzene rings is 1. The third-order valence-electron chi connectivity index (χ3n) is 5.34. The highest BCUT2D eigenvalue weighted by atomic mass is 32.2. The lowest BCUT2D eigenvalue weighted by atomic mass is 9.97. The normalized spacial score (nSPS) is 16.5. The van der Waals surface area contributed by atoms with Gasteiger partial charge in [-0.05, 0) is 37.5 Å². The van der Waals surface area contributed by atoms with E-state index in [4.69, 9.17) is 0 Å². The van der Waals surface area contributed by atoms with Gasteiger partial charge in [0.25, 0.3) is 0 Å². The zero-order valence-electron chi connectivity index (χ0n) is 16.0. The van der Waals surface area contributed by atoms with Crippen molar-refractivity contribution in [2.24, 2.45) is 5.92 Å². The Labute approximate surface area is 172 Å². The molecule has 0 unspecified atom stereocenters. The first-order valence-corrected chi connectivity index (χ1v) is 10.7. The van der Waals surface area contributed by atoms with Gasteiger partial charge in [-0.1, -0.05) is 12.1 Å². The van der Waals surface area contributed by atoms with Crippen LogP contribution in [0.25, 0.3) is 5.69 Å². The summed E-state index contributed by atoms with van der Waals surface area (Å²) in [6.07, 6.45) is 0.600. The second-order valence-corrected chi connectivity index (χ2v) is 8.34. The molecule has 29 heavy (non-hydrogen) atoms. The maximum Gasteiger partial charge on any atom is 0.315 e. The Balaban J connectivity index is 1.54. The van der Waals surface area contributed by atoms with E-state index in [1.165, 1.54) is 4.90 Å². The topological polar surface area (TPSA) is 107 Å². The van der Waals surface area contributed by atoms with E-state index in [9.17, 15) is 19.5 Å². The van der Waals surface area contributed by atoms with Gasteiger partial charge in [0.15, 0.2) is 0 Å². The number of fused-ring (bicyclic) bond motifs is 1. The lowest BCUT2D eigenvalue weighted by Gasteiger charge is -2.31. The zero-order valence-corrected chi connectivity index (χ0v) is 16.8. The van der Waals surface area contributed by atoms with Crippen molar-refractivity contribution in [2.45, 2.75) is 31.3 Å². The van der Waals surface area contributed by atoms with Gasteiger partial charge < -0.3 is 20.1 Å². The van der Waals surface area contributed by atoms with Gasteiger partial charge >= 0.3 is 11.8 Å². The second kappa shape index (κ2) is 7.90. The molecule has 9 heteroatoms. The van der Waals surface area contributed by atoms with Crippen molar-refractivity contribution in [2.75, 3.05) is 18.4 Å². The van der Waals surface area contributed by atoms with Crippen molar-refractivity contribution < 1.29 is 19.5 Å². The highest BCUT2D eigenvalue weighted by Gasteiger charge is 2.30. The molecule has 8 nitrogen and oxygen atoms in total. The van der Waals surface area contributed by atoms with E-state index in [0.717, 1.165) is 34.0 Å². The van der Waals surface area contributed by atoms with Crippen LogP contribution in [0.5, 0.6) is 0 Å². The number of nitrogens with one attached hydrogen (secondary N) is 1. The monoisotopic (exact) mass is 413 g/mol. The average Bonchev–Trinajstić information content (AvgIpc) is 3.30. The van der Waals surface area contributed by atoms with Gasteiger partial charge in [-0.2, -0.15) is 16.9 Å². The number of thioether (sulfide) groups is 1. The molecule has 0 aliphatic carbocycles. The molecule has 1 fully saturated rings. The molecule has 1 saturated heterocycles. The summed E-state index contributed by atoms with van der Waals surface area (Å²) < 4.78 is 1.69. The van der Waals surface area contributed by atoms with E-state index in [1.807, 2.05) is 31.2 Å². The number of aromatic nitrogens is 2. The predicted molar refractivity (Wildman–Crippen MR) is 106 cm³/mol. The number of piperidine rings is 1. The van der Waals surface area contributed by atoms with Crippen LogP contribution >= 0.6 is 11.8 Å². The fourth-order valence-electron chi connectivity index (χ4n) is 3.71. The molecule has 3 heterocycles.